The predicted molar refractivity (Wildman–Crippen MR) is 122 cm³/mol. The molecule has 2 aromatic rings. The molecule has 34 heavy (non-hydrogen) atoms. The van der Waals surface area contributed by atoms with Crippen LogP contribution in [0.4, 0.5) is 18.9 Å². The molecule has 0 radical (unpaired) electrons. The Morgan fingerprint density at radius 3 is 2.21 bits per heavy atom. The Morgan fingerprint density at radius 1 is 1.09 bits per heavy atom. The topological polar surface area (TPSA) is 72.4 Å². The van der Waals surface area contributed by atoms with E-state index in [2.05, 4.69) is 15.0 Å². The summed E-state index contributed by atoms with van der Waals surface area (Å²) in [6.45, 7) is 1.76. The summed E-state index contributed by atoms with van der Waals surface area (Å²) >= 11 is 12.3. The van der Waals surface area contributed by atoms with Crippen molar-refractivity contribution >= 4 is 40.8 Å². The Bertz CT molecular complexity index is 1040. The normalized spacial score (nSPS) is 19.7. The molecule has 1 unspecified atom stereocenters. The second kappa shape index (κ2) is 10.4. The zero-order valence-electron chi connectivity index (χ0n) is 18.5. The highest BCUT2D eigenvalue weighted by atomic mass is 35.5. The Balaban J connectivity index is 1.91. The van der Waals surface area contributed by atoms with Crippen molar-refractivity contribution in [3.05, 3.63) is 58.1 Å². The third-order valence-electron chi connectivity index (χ3n) is 5.01. The highest BCUT2D eigenvalue weighted by molar-refractivity contribution is 6.36. The molecule has 3 rings (SSSR count). The molecule has 7 nitrogen and oxygen atoms in total. The Labute approximate surface area is 204 Å². The minimum atomic E-state index is -4.79. The fourth-order valence-electron chi connectivity index (χ4n) is 3.46. The summed E-state index contributed by atoms with van der Waals surface area (Å²) in [7, 11) is 2.93. The number of halogens is 5. The van der Waals surface area contributed by atoms with E-state index in [9.17, 15) is 18.0 Å². The average Bonchev–Trinajstić information content (AvgIpc) is 2.98. The van der Waals surface area contributed by atoms with Gasteiger partial charge in [-0.1, -0.05) is 35.3 Å². The van der Waals surface area contributed by atoms with Gasteiger partial charge < -0.3 is 19.5 Å². The molecule has 1 amide bonds. The first-order chi connectivity index (χ1) is 15.9. The van der Waals surface area contributed by atoms with Crippen molar-refractivity contribution in [1.82, 2.24) is 5.32 Å². The number of nitrogens with one attached hydrogen (secondary N) is 1. The average molecular weight is 520 g/mol. The van der Waals surface area contributed by atoms with Gasteiger partial charge >= 0.3 is 6.36 Å². The Morgan fingerprint density at radius 2 is 1.68 bits per heavy atom. The van der Waals surface area contributed by atoms with Gasteiger partial charge in [-0.15, -0.1) is 13.2 Å². The number of hydrogen-bond donors (Lipinski definition) is 1. The van der Waals surface area contributed by atoms with E-state index in [-0.39, 0.29) is 30.6 Å². The van der Waals surface area contributed by atoms with Crippen LogP contribution in [-0.4, -0.2) is 50.8 Å². The fourth-order valence-corrected chi connectivity index (χ4v) is 3.98. The van der Waals surface area contributed by atoms with Crippen LogP contribution in [0.5, 0.6) is 5.75 Å². The number of nitrogens with zero attached hydrogens (tertiary/aromatic N) is 2. The van der Waals surface area contributed by atoms with Crippen LogP contribution >= 0.6 is 23.2 Å². The van der Waals surface area contributed by atoms with E-state index < -0.39 is 18.2 Å². The van der Waals surface area contributed by atoms with Crippen molar-refractivity contribution in [2.24, 2.45) is 4.99 Å². The number of hydrogen-bond acceptors (Lipinski definition) is 5. The lowest BCUT2D eigenvalue weighted by Crippen LogP contribution is -2.46. The van der Waals surface area contributed by atoms with E-state index >= 15 is 0 Å². The van der Waals surface area contributed by atoms with E-state index in [0.717, 1.165) is 0 Å². The number of rotatable bonds is 8. The first-order valence-corrected chi connectivity index (χ1v) is 10.7. The van der Waals surface area contributed by atoms with E-state index in [4.69, 9.17) is 32.7 Å². The van der Waals surface area contributed by atoms with Crippen LogP contribution < -0.4 is 15.0 Å². The first kappa shape index (κ1) is 26.1. The van der Waals surface area contributed by atoms with E-state index in [0.29, 0.717) is 21.3 Å². The van der Waals surface area contributed by atoms with E-state index in [1.807, 2.05) is 0 Å². The molecule has 1 heterocycles. The summed E-state index contributed by atoms with van der Waals surface area (Å²) in [5, 5.41) is 3.79. The minimum Gasteiger partial charge on any atom is -0.406 e. The van der Waals surface area contributed by atoms with Gasteiger partial charge in [-0.3, -0.25) is 4.79 Å². The molecular weight excluding hydrogens is 498 g/mol. The van der Waals surface area contributed by atoms with Crippen molar-refractivity contribution in [3.63, 3.8) is 0 Å². The maximum Gasteiger partial charge on any atom is 0.573 e. The number of ether oxygens (including phenoxy) is 3. The standard InChI is InChI=1S/C22H22Cl2F3N3O4/c1-21(11-13-4-6-17(7-5-13)34-22(25,26)27)19(31)30(16-9-14(23)8-15(24)10-16)20(29-21)28-12-18(32-2)33-3/h4-10,18H,11-12H2,1-3H3,(H,28,29). The number of aliphatic imine (C=N–C) groups is 1. The third kappa shape index (κ3) is 6.32. The van der Waals surface area contributed by atoms with Crippen molar-refractivity contribution < 1.29 is 32.2 Å². The summed E-state index contributed by atoms with van der Waals surface area (Å²) in [4.78, 5) is 19.4. The molecule has 0 saturated carbocycles. The lowest BCUT2D eigenvalue weighted by Gasteiger charge is -2.22. The number of carbonyl (C=O) groups excluding carboxylic acids is 1. The van der Waals surface area contributed by atoms with Gasteiger partial charge in [-0.25, -0.2) is 9.89 Å². The molecule has 2 aromatic carbocycles. The van der Waals surface area contributed by atoms with Crippen LogP contribution in [0.15, 0.2) is 47.5 Å². The highest BCUT2D eigenvalue weighted by Crippen LogP contribution is 2.32. The molecule has 1 aliphatic rings. The number of benzene rings is 2. The smallest absolute Gasteiger partial charge is 0.406 e. The monoisotopic (exact) mass is 519 g/mol. The maximum atomic E-state index is 13.6. The van der Waals surface area contributed by atoms with Gasteiger partial charge in [0.2, 0.25) is 5.96 Å². The number of guanidine groups is 1. The maximum absolute atomic E-state index is 13.6. The zero-order chi connectivity index (χ0) is 25.1. The lowest BCUT2D eigenvalue weighted by molar-refractivity contribution is -0.274. The van der Waals surface area contributed by atoms with Crippen molar-refractivity contribution in [1.29, 1.82) is 0 Å². The lowest BCUT2D eigenvalue weighted by atomic mass is 9.92. The number of anilines is 1. The number of carbonyl (C=O) groups is 1. The molecule has 0 aliphatic carbocycles. The molecule has 0 bridgehead atoms. The summed E-state index contributed by atoms with van der Waals surface area (Å²) in [6, 6.07) is 9.98. The van der Waals surface area contributed by atoms with Crippen LogP contribution in [0.2, 0.25) is 10.0 Å². The largest absolute Gasteiger partial charge is 0.573 e. The molecule has 0 spiro atoms. The molecule has 1 fully saturated rings. The molecular formula is C22H22Cl2F3N3O4. The van der Waals surface area contributed by atoms with Crippen LogP contribution in [0.25, 0.3) is 0 Å². The summed E-state index contributed by atoms with van der Waals surface area (Å²) in [5.41, 5.74) is -0.164. The van der Waals surface area contributed by atoms with Gasteiger partial charge in [-0.2, -0.15) is 0 Å². The second-order valence-electron chi connectivity index (χ2n) is 7.66. The third-order valence-corrected chi connectivity index (χ3v) is 5.45. The number of alkyl halides is 3. The van der Waals surface area contributed by atoms with Crippen molar-refractivity contribution in [2.75, 3.05) is 25.7 Å². The van der Waals surface area contributed by atoms with Crippen LogP contribution in [0, 0.1) is 0 Å². The SMILES string of the molecule is COC(CN=C1NC(C)(Cc2ccc(OC(F)(F)F)cc2)C(=O)N1c1cc(Cl)cc(Cl)c1)OC. The summed E-state index contributed by atoms with van der Waals surface area (Å²) < 4.78 is 51.5. The molecule has 12 heteroatoms. The van der Waals surface area contributed by atoms with Crippen molar-refractivity contribution in [3.8, 4) is 5.75 Å². The summed E-state index contributed by atoms with van der Waals surface area (Å²) in [5.74, 6) is -0.483. The molecule has 1 saturated heterocycles. The molecule has 184 valence electrons. The van der Waals surface area contributed by atoms with Gasteiger partial charge in [0, 0.05) is 30.7 Å². The quantitative estimate of drug-likeness (QED) is 0.507. The van der Waals surface area contributed by atoms with Gasteiger partial charge in [0.1, 0.15) is 11.3 Å². The van der Waals surface area contributed by atoms with Gasteiger partial charge in [-0.05, 0) is 42.8 Å². The fraction of sp³-hybridized carbons (Fsp3) is 0.364. The van der Waals surface area contributed by atoms with Crippen LogP contribution in [-0.2, 0) is 20.7 Å². The highest BCUT2D eigenvalue weighted by Gasteiger charge is 2.47. The van der Waals surface area contributed by atoms with Crippen LogP contribution in [0.3, 0.4) is 0 Å². The molecule has 1 aliphatic heterocycles. The van der Waals surface area contributed by atoms with Gasteiger partial charge in [0.25, 0.3) is 5.91 Å². The van der Waals surface area contributed by atoms with Gasteiger partial charge in [0.15, 0.2) is 6.29 Å². The van der Waals surface area contributed by atoms with Crippen LogP contribution in [0.1, 0.15) is 12.5 Å². The van der Waals surface area contributed by atoms with Gasteiger partial charge in [0.05, 0.1) is 12.2 Å². The predicted octanol–water partition coefficient (Wildman–Crippen LogP) is 4.80. The molecule has 1 atom stereocenters. The Kier molecular flexibility index (Phi) is 7.97. The van der Waals surface area contributed by atoms with E-state index in [1.54, 1.807) is 19.1 Å². The summed E-state index contributed by atoms with van der Waals surface area (Å²) in [6.07, 6.45) is -5.27. The first-order valence-electron chi connectivity index (χ1n) is 9.97. The number of methoxy groups -OCH3 is 2. The number of amides is 1. The molecule has 1 N–H and O–H groups in total. The van der Waals surface area contributed by atoms with Crippen molar-refractivity contribution in [2.45, 2.75) is 31.5 Å². The minimum absolute atomic E-state index is 0.0902. The van der Waals surface area contributed by atoms with E-state index in [1.165, 1.54) is 49.5 Å². The molecule has 0 aromatic heterocycles. The zero-order valence-corrected chi connectivity index (χ0v) is 20.0. The second-order valence-corrected chi connectivity index (χ2v) is 8.53. The Hall–Kier alpha value is -2.53.